The normalized spacial score (nSPS) is 17.9. The van der Waals surface area contributed by atoms with Gasteiger partial charge in [-0.15, -0.1) is 0 Å². The van der Waals surface area contributed by atoms with Crippen molar-refractivity contribution in [1.82, 2.24) is 0 Å². The molecule has 0 aromatic heterocycles. The van der Waals surface area contributed by atoms with Crippen LogP contribution in [-0.4, -0.2) is 5.78 Å². The summed E-state index contributed by atoms with van der Waals surface area (Å²) in [7, 11) is 0. The van der Waals surface area contributed by atoms with E-state index in [1.165, 1.54) is 24.8 Å². The highest BCUT2D eigenvalue weighted by atomic mass is 16.1. The first-order valence-corrected chi connectivity index (χ1v) is 6.74. The summed E-state index contributed by atoms with van der Waals surface area (Å²) in [5.74, 6) is 1.49. The predicted octanol–water partition coefficient (Wildman–Crippen LogP) is 4.43. The average molecular weight is 230 g/mol. The fourth-order valence-corrected chi connectivity index (χ4v) is 2.34. The maximum Gasteiger partial charge on any atom is 0.166 e. The molecule has 1 aliphatic rings. The Bertz CT molecular complexity index is 402. The van der Waals surface area contributed by atoms with Gasteiger partial charge in [-0.3, -0.25) is 4.79 Å². The van der Waals surface area contributed by atoms with Crippen LogP contribution in [0.1, 0.15) is 61.9 Å². The minimum atomic E-state index is 0.122. The first kappa shape index (κ1) is 12.3. The minimum Gasteiger partial charge on any atom is -0.294 e. The molecular weight excluding hydrogens is 208 g/mol. The number of hydrogen-bond acceptors (Lipinski definition) is 1. The van der Waals surface area contributed by atoms with Crippen molar-refractivity contribution in [3.63, 3.8) is 0 Å². The van der Waals surface area contributed by atoms with Gasteiger partial charge >= 0.3 is 0 Å². The lowest BCUT2D eigenvalue weighted by molar-refractivity contribution is 0.0897. The Labute approximate surface area is 104 Å². The summed E-state index contributed by atoms with van der Waals surface area (Å²) >= 11 is 0. The average Bonchev–Trinajstić information content (AvgIpc) is 2.25. The van der Waals surface area contributed by atoms with Gasteiger partial charge in [0.25, 0.3) is 0 Å². The van der Waals surface area contributed by atoms with Crippen LogP contribution in [0.5, 0.6) is 0 Å². The lowest BCUT2D eigenvalue weighted by atomic mass is 9.76. The molecule has 2 rings (SSSR count). The van der Waals surface area contributed by atoms with E-state index in [4.69, 9.17) is 0 Å². The summed E-state index contributed by atoms with van der Waals surface area (Å²) in [5.41, 5.74) is 2.26. The zero-order valence-electron chi connectivity index (χ0n) is 11.1. The van der Waals surface area contributed by atoms with Gasteiger partial charge in [0.15, 0.2) is 5.78 Å². The number of carbonyl (C=O) groups is 1. The van der Waals surface area contributed by atoms with Gasteiger partial charge in [-0.25, -0.2) is 0 Å². The van der Waals surface area contributed by atoms with Crippen LogP contribution in [0.25, 0.3) is 0 Å². The van der Waals surface area contributed by atoms with Crippen molar-refractivity contribution in [1.29, 1.82) is 0 Å². The largest absolute Gasteiger partial charge is 0.294 e. The highest BCUT2D eigenvalue weighted by Crippen LogP contribution is 2.38. The molecule has 1 unspecified atom stereocenters. The molecule has 1 aliphatic carbocycles. The molecule has 1 atom stereocenters. The van der Waals surface area contributed by atoms with Crippen LogP contribution in [0.2, 0.25) is 0 Å². The molecule has 1 aromatic carbocycles. The molecule has 0 heterocycles. The Morgan fingerprint density at radius 3 is 2.35 bits per heavy atom. The van der Waals surface area contributed by atoms with Crippen molar-refractivity contribution >= 4 is 5.78 Å². The molecule has 0 N–H and O–H groups in total. The lowest BCUT2D eigenvalue weighted by Crippen LogP contribution is -2.21. The Hall–Kier alpha value is -1.11. The fourth-order valence-electron chi connectivity index (χ4n) is 2.34. The van der Waals surface area contributed by atoms with Crippen LogP contribution in [0.3, 0.4) is 0 Å². The molecular formula is C16H22O. The summed E-state index contributed by atoms with van der Waals surface area (Å²) < 4.78 is 0. The molecule has 0 saturated heterocycles. The molecule has 17 heavy (non-hydrogen) atoms. The fraction of sp³-hybridized carbons (Fsp3) is 0.562. The molecule has 0 aliphatic heterocycles. The van der Waals surface area contributed by atoms with E-state index in [2.05, 4.69) is 26.0 Å². The SMILES string of the molecule is CC(C)C(C)C(=O)c1ccccc1C1CCC1. The topological polar surface area (TPSA) is 17.1 Å². The Morgan fingerprint density at radius 1 is 1.18 bits per heavy atom. The number of ketones is 1. The van der Waals surface area contributed by atoms with Gasteiger partial charge in [0.1, 0.15) is 0 Å². The monoisotopic (exact) mass is 230 g/mol. The van der Waals surface area contributed by atoms with E-state index in [-0.39, 0.29) is 5.92 Å². The van der Waals surface area contributed by atoms with Crippen molar-refractivity contribution < 1.29 is 4.79 Å². The highest BCUT2D eigenvalue weighted by molar-refractivity contribution is 5.99. The van der Waals surface area contributed by atoms with Gasteiger partial charge in [0.05, 0.1) is 0 Å². The summed E-state index contributed by atoms with van der Waals surface area (Å²) in [4.78, 5) is 12.5. The van der Waals surface area contributed by atoms with E-state index in [9.17, 15) is 4.79 Å². The van der Waals surface area contributed by atoms with Crippen molar-refractivity contribution in [3.05, 3.63) is 35.4 Å². The quantitative estimate of drug-likeness (QED) is 0.699. The van der Waals surface area contributed by atoms with Gasteiger partial charge < -0.3 is 0 Å². The predicted molar refractivity (Wildman–Crippen MR) is 71.4 cm³/mol. The van der Waals surface area contributed by atoms with Crippen molar-refractivity contribution in [2.24, 2.45) is 11.8 Å². The number of Topliss-reactive ketones (excluding diaryl/α,β-unsaturated/α-hetero) is 1. The number of rotatable bonds is 4. The highest BCUT2D eigenvalue weighted by Gasteiger charge is 2.26. The number of hydrogen-bond donors (Lipinski definition) is 0. The molecule has 0 radical (unpaired) electrons. The van der Waals surface area contributed by atoms with Gasteiger partial charge in [-0.2, -0.15) is 0 Å². The Kier molecular flexibility index (Phi) is 3.66. The van der Waals surface area contributed by atoms with Crippen molar-refractivity contribution in [3.8, 4) is 0 Å². The third-order valence-electron chi connectivity index (χ3n) is 4.18. The molecule has 1 fully saturated rings. The van der Waals surface area contributed by atoms with Gasteiger partial charge in [-0.1, -0.05) is 51.5 Å². The summed E-state index contributed by atoms with van der Waals surface area (Å²) in [6.07, 6.45) is 3.81. The minimum absolute atomic E-state index is 0.122. The van der Waals surface area contributed by atoms with Crippen LogP contribution in [0.4, 0.5) is 0 Å². The summed E-state index contributed by atoms with van der Waals surface area (Å²) in [5, 5.41) is 0. The van der Waals surface area contributed by atoms with E-state index in [1.807, 2.05) is 19.1 Å². The molecule has 1 aromatic rings. The van der Waals surface area contributed by atoms with Gasteiger partial charge in [0, 0.05) is 11.5 Å². The second kappa shape index (κ2) is 5.03. The Balaban J connectivity index is 2.28. The van der Waals surface area contributed by atoms with Crippen LogP contribution >= 0.6 is 0 Å². The van der Waals surface area contributed by atoms with Crippen molar-refractivity contribution in [2.75, 3.05) is 0 Å². The third-order valence-corrected chi connectivity index (χ3v) is 4.18. The molecule has 0 bridgehead atoms. The second-order valence-electron chi connectivity index (χ2n) is 5.61. The van der Waals surface area contributed by atoms with Crippen LogP contribution in [0, 0.1) is 11.8 Å². The first-order valence-electron chi connectivity index (χ1n) is 6.74. The number of benzene rings is 1. The van der Waals surface area contributed by atoms with Crippen LogP contribution in [0.15, 0.2) is 24.3 Å². The summed E-state index contributed by atoms with van der Waals surface area (Å²) in [6.45, 7) is 6.29. The second-order valence-corrected chi connectivity index (χ2v) is 5.61. The maximum absolute atomic E-state index is 12.5. The molecule has 1 heteroatoms. The van der Waals surface area contributed by atoms with Crippen LogP contribution in [-0.2, 0) is 0 Å². The zero-order valence-corrected chi connectivity index (χ0v) is 11.1. The molecule has 92 valence electrons. The van der Waals surface area contributed by atoms with E-state index < -0.39 is 0 Å². The molecule has 1 saturated carbocycles. The standard InChI is InChI=1S/C16H22O/c1-11(2)12(3)16(17)15-10-5-4-9-14(15)13-7-6-8-13/h4-5,9-13H,6-8H2,1-3H3. The summed E-state index contributed by atoms with van der Waals surface area (Å²) in [6, 6.07) is 8.20. The zero-order chi connectivity index (χ0) is 12.4. The first-order chi connectivity index (χ1) is 8.11. The van der Waals surface area contributed by atoms with E-state index >= 15 is 0 Å². The lowest BCUT2D eigenvalue weighted by Gasteiger charge is -2.28. The van der Waals surface area contributed by atoms with Gasteiger partial charge in [0.2, 0.25) is 0 Å². The van der Waals surface area contributed by atoms with E-state index in [1.54, 1.807) is 0 Å². The smallest absolute Gasteiger partial charge is 0.166 e. The Morgan fingerprint density at radius 2 is 1.82 bits per heavy atom. The number of carbonyl (C=O) groups excluding carboxylic acids is 1. The van der Waals surface area contributed by atoms with E-state index in [0.29, 0.717) is 17.6 Å². The molecule has 1 nitrogen and oxygen atoms in total. The maximum atomic E-state index is 12.5. The van der Waals surface area contributed by atoms with Crippen molar-refractivity contribution in [2.45, 2.75) is 46.0 Å². The van der Waals surface area contributed by atoms with Crippen LogP contribution < -0.4 is 0 Å². The third kappa shape index (κ3) is 2.43. The van der Waals surface area contributed by atoms with E-state index in [0.717, 1.165) is 5.56 Å². The van der Waals surface area contributed by atoms with Gasteiger partial charge in [-0.05, 0) is 30.2 Å². The molecule has 0 amide bonds. The molecule has 0 spiro atoms.